The second-order valence-corrected chi connectivity index (χ2v) is 7.78. The molecular formula is C16H30N2. The molecule has 0 spiro atoms. The Kier molecular flexibility index (Phi) is 3.44. The maximum Gasteiger partial charge on any atom is 0.0241 e. The third kappa shape index (κ3) is 2.22. The molecule has 0 amide bonds. The van der Waals surface area contributed by atoms with Crippen LogP contribution in [0.1, 0.15) is 65.2 Å². The summed E-state index contributed by atoms with van der Waals surface area (Å²) in [5, 5.41) is 0. The summed E-state index contributed by atoms with van der Waals surface area (Å²) >= 11 is 0. The maximum atomic E-state index is 5.83. The van der Waals surface area contributed by atoms with Crippen molar-refractivity contribution >= 4 is 0 Å². The van der Waals surface area contributed by atoms with Gasteiger partial charge < -0.3 is 0 Å². The van der Waals surface area contributed by atoms with Gasteiger partial charge in [0.15, 0.2) is 0 Å². The van der Waals surface area contributed by atoms with Gasteiger partial charge in [-0.2, -0.15) is 0 Å². The first kappa shape index (κ1) is 12.9. The summed E-state index contributed by atoms with van der Waals surface area (Å²) < 4.78 is 0. The lowest BCUT2D eigenvalue weighted by Gasteiger charge is -2.58. The summed E-state index contributed by atoms with van der Waals surface area (Å²) in [7, 11) is 0. The summed E-state index contributed by atoms with van der Waals surface area (Å²) in [6.45, 7) is 4.64. The van der Waals surface area contributed by atoms with E-state index in [4.69, 9.17) is 5.84 Å². The fourth-order valence-corrected chi connectivity index (χ4v) is 5.72. The molecule has 2 atom stereocenters. The Morgan fingerprint density at radius 1 is 1.11 bits per heavy atom. The van der Waals surface area contributed by atoms with Crippen molar-refractivity contribution in [1.82, 2.24) is 5.43 Å². The van der Waals surface area contributed by atoms with Crippen molar-refractivity contribution in [2.45, 2.75) is 71.3 Å². The summed E-state index contributed by atoms with van der Waals surface area (Å²) in [5.74, 6) is 9.72. The Labute approximate surface area is 112 Å². The molecule has 4 aliphatic carbocycles. The number of nitrogens with two attached hydrogens (primary N) is 1. The largest absolute Gasteiger partial charge is 0.271 e. The van der Waals surface area contributed by atoms with E-state index in [-0.39, 0.29) is 0 Å². The highest BCUT2D eigenvalue weighted by Gasteiger charge is 2.51. The average Bonchev–Trinajstić information content (AvgIpc) is 2.33. The first-order valence-electron chi connectivity index (χ1n) is 8.10. The molecule has 0 aliphatic heterocycles. The van der Waals surface area contributed by atoms with Gasteiger partial charge in [0.25, 0.3) is 0 Å². The van der Waals surface area contributed by atoms with Crippen LogP contribution in [0, 0.1) is 29.1 Å². The van der Waals surface area contributed by atoms with Crippen LogP contribution in [0.2, 0.25) is 0 Å². The van der Waals surface area contributed by atoms with Gasteiger partial charge in [-0.1, -0.05) is 20.3 Å². The molecule has 2 unspecified atom stereocenters. The van der Waals surface area contributed by atoms with Crippen LogP contribution in [-0.2, 0) is 0 Å². The van der Waals surface area contributed by atoms with Gasteiger partial charge in [0.2, 0.25) is 0 Å². The van der Waals surface area contributed by atoms with Crippen molar-refractivity contribution < 1.29 is 0 Å². The molecule has 4 rings (SSSR count). The topological polar surface area (TPSA) is 38.0 Å². The third-order valence-corrected chi connectivity index (χ3v) is 6.36. The molecule has 18 heavy (non-hydrogen) atoms. The molecule has 0 aromatic carbocycles. The van der Waals surface area contributed by atoms with Crippen LogP contribution in [0.3, 0.4) is 0 Å². The maximum absolute atomic E-state index is 5.83. The highest BCUT2D eigenvalue weighted by atomic mass is 15.2. The summed E-state index contributed by atoms with van der Waals surface area (Å²) in [6.07, 6.45) is 11.7. The molecule has 2 heteroatoms. The zero-order valence-corrected chi connectivity index (χ0v) is 12.1. The van der Waals surface area contributed by atoms with Gasteiger partial charge in [0, 0.05) is 6.04 Å². The van der Waals surface area contributed by atoms with E-state index < -0.39 is 0 Å². The van der Waals surface area contributed by atoms with Gasteiger partial charge in [-0.05, 0) is 74.0 Å². The predicted octanol–water partition coefficient (Wildman–Crippen LogP) is 3.47. The van der Waals surface area contributed by atoms with Crippen molar-refractivity contribution in [1.29, 1.82) is 0 Å². The molecule has 4 bridgehead atoms. The zero-order chi connectivity index (χ0) is 12.8. The average molecular weight is 250 g/mol. The first-order chi connectivity index (χ1) is 8.64. The Bertz CT molecular complexity index is 264. The molecule has 0 aromatic heterocycles. The summed E-state index contributed by atoms with van der Waals surface area (Å²) in [6, 6.07) is 0.534. The highest BCUT2D eigenvalue weighted by Crippen LogP contribution is 2.61. The molecule has 4 fully saturated rings. The fraction of sp³-hybridized carbons (Fsp3) is 1.00. The van der Waals surface area contributed by atoms with Crippen molar-refractivity contribution in [3.8, 4) is 0 Å². The third-order valence-electron chi connectivity index (χ3n) is 6.36. The van der Waals surface area contributed by atoms with Crippen molar-refractivity contribution in [3.63, 3.8) is 0 Å². The SMILES string of the molecule is CCC(C)C(CC12CC3CC(CC(C3)C1)C2)NN. The molecule has 2 nitrogen and oxygen atoms in total. The monoisotopic (exact) mass is 250 g/mol. The lowest BCUT2D eigenvalue weighted by molar-refractivity contribution is -0.0646. The van der Waals surface area contributed by atoms with E-state index in [1.807, 2.05) is 0 Å². The number of rotatable bonds is 5. The molecule has 0 heterocycles. The molecule has 0 radical (unpaired) electrons. The van der Waals surface area contributed by atoms with Crippen LogP contribution < -0.4 is 11.3 Å². The van der Waals surface area contributed by atoms with Crippen molar-refractivity contribution in [3.05, 3.63) is 0 Å². The quantitative estimate of drug-likeness (QED) is 0.579. The van der Waals surface area contributed by atoms with Gasteiger partial charge in [-0.3, -0.25) is 11.3 Å². The fourth-order valence-electron chi connectivity index (χ4n) is 5.72. The molecule has 104 valence electrons. The van der Waals surface area contributed by atoms with Crippen LogP contribution in [0.5, 0.6) is 0 Å². The Morgan fingerprint density at radius 3 is 2.00 bits per heavy atom. The minimum Gasteiger partial charge on any atom is -0.271 e. The minimum absolute atomic E-state index is 0.534. The second-order valence-electron chi connectivity index (χ2n) is 7.78. The lowest BCUT2D eigenvalue weighted by Crippen LogP contribution is -2.51. The van der Waals surface area contributed by atoms with Gasteiger partial charge >= 0.3 is 0 Å². The minimum atomic E-state index is 0.534. The van der Waals surface area contributed by atoms with E-state index in [1.165, 1.54) is 32.1 Å². The van der Waals surface area contributed by atoms with Crippen molar-refractivity contribution in [2.24, 2.45) is 34.9 Å². The Balaban J connectivity index is 1.71. The van der Waals surface area contributed by atoms with Crippen LogP contribution in [-0.4, -0.2) is 6.04 Å². The number of nitrogens with one attached hydrogen (secondary N) is 1. The smallest absolute Gasteiger partial charge is 0.0241 e. The van der Waals surface area contributed by atoms with E-state index in [0.29, 0.717) is 17.4 Å². The second kappa shape index (κ2) is 4.79. The predicted molar refractivity (Wildman–Crippen MR) is 75.8 cm³/mol. The van der Waals surface area contributed by atoms with Crippen LogP contribution >= 0.6 is 0 Å². The normalized spacial score (nSPS) is 45.2. The first-order valence-corrected chi connectivity index (χ1v) is 8.10. The van der Waals surface area contributed by atoms with E-state index in [0.717, 1.165) is 17.8 Å². The Hall–Kier alpha value is -0.0800. The molecule has 0 aromatic rings. The van der Waals surface area contributed by atoms with Crippen molar-refractivity contribution in [2.75, 3.05) is 0 Å². The molecule has 3 N–H and O–H groups in total. The Morgan fingerprint density at radius 2 is 1.61 bits per heavy atom. The molecule has 4 aliphatic rings. The lowest BCUT2D eigenvalue weighted by atomic mass is 9.48. The molecular weight excluding hydrogens is 220 g/mol. The van der Waals surface area contributed by atoms with Gasteiger partial charge in [0.05, 0.1) is 0 Å². The zero-order valence-electron chi connectivity index (χ0n) is 12.1. The number of hydrogen-bond acceptors (Lipinski definition) is 2. The molecule has 4 saturated carbocycles. The van der Waals surface area contributed by atoms with Gasteiger partial charge in [-0.25, -0.2) is 0 Å². The van der Waals surface area contributed by atoms with E-state index >= 15 is 0 Å². The van der Waals surface area contributed by atoms with Gasteiger partial charge in [0.1, 0.15) is 0 Å². The van der Waals surface area contributed by atoms with E-state index in [2.05, 4.69) is 19.3 Å². The molecule has 0 saturated heterocycles. The van der Waals surface area contributed by atoms with Crippen LogP contribution in [0.25, 0.3) is 0 Å². The van der Waals surface area contributed by atoms with E-state index in [1.54, 1.807) is 19.3 Å². The number of hydrazine groups is 1. The van der Waals surface area contributed by atoms with Crippen LogP contribution in [0.4, 0.5) is 0 Å². The van der Waals surface area contributed by atoms with E-state index in [9.17, 15) is 0 Å². The number of hydrogen-bond donors (Lipinski definition) is 2. The highest BCUT2D eigenvalue weighted by molar-refractivity contribution is 5.02. The summed E-state index contributed by atoms with van der Waals surface area (Å²) in [4.78, 5) is 0. The summed E-state index contributed by atoms with van der Waals surface area (Å²) in [5.41, 5.74) is 3.79. The van der Waals surface area contributed by atoms with Crippen LogP contribution in [0.15, 0.2) is 0 Å². The standard InChI is InChI=1S/C16H30N2/c1-3-11(2)15(18-17)10-16-7-12-4-13(8-16)6-14(5-12)9-16/h11-15,18H,3-10,17H2,1-2H3. The van der Waals surface area contributed by atoms with Gasteiger partial charge in [-0.15, -0.1) is 0 Å².